The van der Waals surface area contributed by atoms with Gasteiger partial charge >= 0.3 is 0 Å². The van der Waals surface area contributed by atoms with Crippen LogP contribution in [0.5, 0.6) is 0 Å². The zero-order valence-electron chi connectivity index (χ0n) is 19.5. The lowest BCUT2D eigenvalue weighted by Crippen LogP contribution is -2.36. The Morgan fingerprint density at radius 1 is 1.19 bits per heavy atom. The van der Waals surface area contributed by atoms with Gasteiger partial charge in [-0.1, -0.05) is 25.6 Å². The molecule has 0 amide bonds. The molecule has 2 aliphatic rings. The third kappa shape index (κ3) is 4.53. The number of benzene rings is 2. The number of nitrogens with one attached hydrogen (secondary N) is 1. The van der Waals surface area contributed by atoms with Crippen molar-refractivity contribution in [2.24, 2.45) is 5.41 Å². The molecule has 0 spiro atoms. The van der Waals surface area contributed by atoms with Crippen LogP contribution in [-0.4, -0.2) is 37.0 Å². The highest BCUT2D eigenvalue weighted by molar-refractivity contribution is 7.99. The number of carbonyl (C=O) groups is 2. The standard InChI is InChI=1S/C25H22FN5O4S/c1-25(2)11-18-21(19(32)12-25)22(15-5-9-17(10-6-15)31(34)35)30-23(27-18)28-24(29-30)36-13-20(33)14-3-7-16(26)8-4-14/h3-10,22H,11-13H2,1-2H3,(H,27,28,29)/t22-/m1/s1. The van der Waals surface area contributed by atoms with E-state index in [1.54, 1.807) is 16.8 Å². The number of aromatic nitrogens is 3. The van der Waals surface area contributed by atoms with Crippen molar-refractivity contribution < 1.29 is 18.9 Å². The molecule has 11 heteroatoms. The van der Waals surface area contributed by atoms with Crippen molar-refractivity contribution in [3.05, 3.63) is 86.9 Å². The molecule has 9 nitrogen and oxygen atoms in total. The summed E-state index contributed by atoms with van der Waals surface area (Å²) in [7, 11) is 0. The van der Waals surface area contributed by atoms with Crippen molar-refractivity contribution in [2.45, 2.75) is 37.9 Å². The van der Waals surface area contributed by atoms with Gasteiger partial charge in [-0.25, -0.2) is 9.07 Å². The Morgan fingerprint density at radius 3 is 2.56 bits per heavy atom. The van der Waals surface area contributed by atoms with Crippen LogP contribution in [0.15, 0.2) is 65.0 Å². The number of rotatable bonds is 6. The Labute approximate surface area is 210 Å². The number of Topliss-reactive ketones (excluding diaryl/α,β-unsaturated/α-hetero) is 2. The maximum atomic E-state index is 13.3. The number of thioether (sulfide) groups is 1. The fourth-order valence-corrected chi connectivity index (χ4v) is 5.31. The predicted molar refractivity (Wildman–Crippen MR) is 131 cm³/mol. The van der Waals surface area contributed by atoms with Crippen molar-refractivity contribution in [3.8, 4) is 0 Å². The van der Waals surface area contributed by atoms with E-state index >= 15 is 0 Å². The molecule has 0 saturated heterocycles. The Bertz CT molecular complexity index is 1410. The monoisotopic (exact) mass is 507 g/mol. The highest BCUT2D eigenvalue weighted by Crippen LogP contribution is 2.45. The summed E-state index contributed by atoms with van der Waals surface area (Å²) in [4.78, 5) is 41.0. The molecule has 0 fully saturated rings. The molecule has 1 aromatic heterocycles. The number of ketones is 2. The van der Waals surface area contributed by atoms with Gasteiger partial charge in [0.15, 0.2) is 11.6 Å². The van der Waals surface area contributed by atoms with E-state index in [4.69, 9.17) is 0 Å². The number of allylic oxidation sites excluding steroid dienone is 2. The first-order valence-electron chi connectivity index (χ1n) is 11.3. The molecule has 1 atom stereocenters. The van der Waals surface area contributed by atoms with Gasteiger partial charge in [0, 0.05) is 35.4 Å². The van der Waals surface area contributed by atoms with Crippen LogP contribution in [0.25, 0.3) is 0 Å². The van der Waals surface area contributed by atoms with Gasteiger partial charge < -0.3 is 5.32 Å². The molecule has 0 radical (unpaired) electrons. The van der Waals surface area contributed by atoms with Gasteiger partial charge in [0.05, 0.1) is 10.7 Å². The Kier molecular flexibility index (Phi) is 5.95. The molecular weight excluding hydrogens is 485 g/mol. The first-order valence-corrected chi connectivity index (χ1v) is 12.3. The molecule has 1 N–H and O–H groups in total. The van der Waals surface area contributed by atoms with Crippen LogP contribution < -0.4 is 5.32 Å². The van der Waals surface area contributed by atoms with Crippen LogP contribution in [-0.2, 0) is 4.79 Å². The van der Waals surface area contributed by atoms with E-state index in [0.29, 0.717) is 40.6 Å². The van der Waals surface area contributed by atoms with Gasteiger partial charge in [-0.3, -0.25) is 19.7 Å². The number of fused-ring (bicyclic) bond motifs is 1. The van der Waals surface area contributed by atoms with E-state index < -0.39 is 16.8 Å². The second kappa shape index (κ2) is 8.98. The van der Waals surface area contributed by atoms with Gasteiger partial charge in [0.2, 0.25) is 11.1 Å². The molecule has 3 aromatic rings. The topological polar surface area (TPSA) is 120 Å². The van der Waals surface area contributed by atoms with E-state index in [1.807, 2.05) is 13.8 Å². The molecular formula is C25H22FN5O4S. The van der Waals surface area contributed by atoms with Gasteiger partial charge in [-0.05, 0) is 53.8 Å². The quantitative estimate of drug-likeness (QED) is 0.215. The van der Waals surface area contributed by atoms with Crippen LogP contribution in [0, 0.1) is 21.3 Å². The highest BCUT2D eigenvalue weighted by Gasteiger charge is 2.42. The molecule has 1 aliphatic carbocycles. The van der Waals surface area contributed by atoms with Crippen molar-refractivity contribution in [3.63, 3.8) is 0 Å². The molecule has 1 aliphatic heterocycles. The number of nitrogens with zero attached hydrogens (tertiary/aromatic N) is 4. The van der Waals surface area contributed by atoms with E-state index in [1.165, 1.54) is 36.4 Å². The Morgan fingerprint density at radius 2 is 1.89 bits per heavy atom. The van der Waals surface area contributed by atoms with Gasteiger partial charge in [-0.2, -0.15) is 4.98 Å². The summed E-state index contributed by atoms with van der Waals surface area (Å²) in [5, 5.41) is 19.3. The maximum absolute atomic E-state index is 13.3. The number of nitro groups is 1. The predicted octanol–water partition coefficient (Wildman–Crippen LogP) is 4.96. The number of hydrogen-bond donors (Lipinski definition) is 1. The number of nitro benzene ring substituents is 1. The minimum Gasteiger partial charge on any atom is -0.328 e. The minimum atomic E-state index is -0.602. The molecule has 0 unspecified atom stereocenters. The van der Waals surface area contributed by atoms with Gasteiger partial charge in [-0.15, -0.1) is 5.10 Å². The SMILES string of the molecule is CC1(C)CC(=O)C2=C(C1)Nc1nc(SCC(=O)c3ccc(F)cc3)nn1[C@@H]2c1ccc([N+](=O)[O-])cc1. The molecule has 36 heavy (non-hydrogen) atoms. The Hall–Kier alpha value is -3.86. The van der Waals surface area contributed by atoms with Crippen LogP contribution in [0.2, 0.25) is 0 Å². The number of anilines is 1. The van der Waals surface area contributed by atoms with Crippen molar-refractivity contribution in [1.29, 1.82) is 0 Å². The summed E-state index contributed by atoms with van der Waals surface area (Å²) in [6.45, 7) is 4.05. The van der Waals surface area contributed by atoms with Crippen LogP contribution in [0.3, 0.4) is 0 Å². The molecule has 2 heterocycles. The minimum absolute atomic E-state index is 0.0149. The van der Waals surface area contributed by atoms with E-state index in [-0.39, 0.29) is 28.4 Å². The molecule has 184 valence electrons. The first-order chi connectivity index (χ1) is 17.1. The second-order valence-electron chi connectivity index (χ2n) is 9.59. The lowest BCUT2D eigenvalue weighted by Gasteiger charge is -2.38. The zero-order chi connectivity index (χ0) is 25.6. The van der Waals surface area contributed by atoms with Crippen LogP contribution >= 0.6 is 11.8 Å². The van der Waals surface area contributed by atoms with Crippen LogP contribution in [0.1, 0.15) is 48.7 Å². The molecule has 0 bridgehead atoms. The van der Waals surface area contributed by atoms with Gasteiger partial charge in [0.25, 0.3) is 5.69 Å². The number of carbonyl (C=O) groups excluding carboxylic acids is 2. The molecule has 5 rings (SSSR count). The lowest BCUT2D eigenvalue weighted by atomic mass is 9.73. The average molecular weight is 508 g/mol. The number of hydrogen-bond acceptors (Lipinski definition) is 8. The lowest BCUT2D eigenvalue weighted by molar-refractivity contribution is -0.384. The highest BCUT2D eigenvalue weighted by atomic mass is 32.2. The molecule has 0 saturated carbocycles. The summed E-state index contributed by atoms with van der Waals surface area (Å²) >= 11 is 1.14. The van der Waals surface area contributed by atoms with Gasteiger partial charge in [0.1, 0.15) is 11.9 Å². The summed E-state index contributed by atoms with van der Waals surface area (Å²) < 4.78 is 14.8. The van der Waals surface area contributed by atoms with Crippen molar-refractivity contribution in [2.75, 3.05) is 11.1 Å². The van der Waals surface area contributed by atoms with Crippen molar-refractivity contribution >= 4 is 35.0 Å². The first kappa shape index (κ1) is 23.9. The fraction of sp³-hybridized carbons (Fsp3) is 0.280. The molecule has 2 aromatic carbocycles. The maximum Gasteiger partial charge on any atom is 0.269 e. The van der Waals surface area contributed by atoms with E-state index in [2.05, 4.69) is 15.4 Å². The second-order valence-corrected chi connectivity index (χ2v) is 10.5. The van der Waals surface area contributed by atoms with Crippen molar-refractivity contribution in [1.82, 2.24) is 14.8 Å². The largest absolute Gasteiger partial charge is 0.328 e. The fourth-order valence-electron chi connectivity index (χ4n) is 4.59. The third-order valence-corrected chi connectivity index (χ3v) is 7.07. The number of halogens is 1. The summed E-state index contributed by atoms with van der Waals surface area (Å²) in [6.07, 6.45) is 1.00. The normalized spacial score (nSPS) is 18.3. The summed E-state index contributed by atoms with van der Waals surface area (Å²) in [5.74, 6) is -0.142. The number of non-ortho nitro benzene ring substituents is 1. The van der Waals surface area contributed by atoms with E-state index in [9.17, 15) is 24.1 Å². The average Bonchev–Trinajstić information content (AvgIpc) is 3.23. The van der Waals surface area contributed by atoms with Crippen LogP contribution in [0.4, 0.5) is 16.0 Å². The van der Waals surface area contributed by atoms with E-state index in [0.717, 1.165) is 17.5 Å². The zero-order valence-corrected chi connectivity index (χ0v) is 20.3. The summed E-state index contributed by atoms with van der Waals surface area (Å²) in [5.41, 5.74) is 2.11. The Balaban J connectivity index is 1.48. The third-order valence-electron chi connectivity index (χ3n) is 6.23. The smallest absolute Gasteiger partial charge is 0.269 e. The summed E-state index contributed by atoms with van der Waals surface area (Å²) in [6, 6.07) is 10.8.